The zero-order chi connectivity index (χ0) is 18.6. The van der Waals surface area contributed by atoms with Gasteiger partial charge in [-0.1, -0.05) is 23.8 Å². The number of pyridine rings is 1. The highest BCUT2D eigenvalue weighted by Crippen LogP contribution is 2.17. The van der Waals surface area contributed by atoms with Crippen molar-refractivity contribution in [3.63, 3.8) is 0 Å². The van der Waals surface area contributed by atoms with Gasteiger partial charge in [-0.3, -0.25) is 9.78 Å². The van der Waals surface area contributed by atoms with Gasteiger partial charge in [0.2, 0.25) is 10.0 Å². The van der Waals surface area contributed by atoms with Crippen LogP contribution in [0.1, 0.15) is 29.4 Å². The highest BCUT2D eigenvalue weighted by atomic mass is 32.2. The Morgan fingerprint density at radius 2 is 2.08 bits per heavy atom. The zero-order valence-electron chi connectivity index (χ0n) is 14.6. The average Bonchev–Trinajstić information content (AvgIpc) is 2.67. The molecule has 2 aromatic rings. The van der Waals surface area contributed by atoms with Crippen LogP contribution < -0.4 is 4.72 Å². The number of rotatable bonds is 5. The molecule has 0 bridgehead atoms. The van der Waals surface area contributed by atoms with Crippen molar-refractivity contribution in [1.82, 2.24) is 14.6 Å². The van der Waals surface area contributed by atoms with E-state index in [0.29, 0.717) is 24.3 Å². The minimum atomic E-state index is -3.73. The lowest BCUT2D eigenvalue weighted by atomic mass is 10.1. The molecule has 2 heterocycles. The van der Waals surface area contributed by atoms with Crippen molar-refractivity contribution in [1.29, 1.82) is 0 Å². The Balaban J connectivity index is 1.74. The third-order valence-electron chi connectivity index (χ3n) is 4.28. The molecule has 6 nitrogen and oxygen atoms in total. The number of amides is 1. The van der Waals surface area contributed by atoms with Crippen molar-refractivity contribution in [2.75, 3.05) is 13.1 Å². The maximum Gasteiger partial charge on any atom is 0.254 e. The van der Waals surface area contributed by atoms with Crippen LogP contribution in [-0.2, 0) is 16.6 Å². The maximum absolute atomic E-state index is 12.6. The molecule has 1 aliphatic heterocycles. The van der Waals surface area contributed by atoms with Gasteiger partial charge in [0, 0.05) is 24.8 Å². The summed E-state index contributed by atoms with van der Waals surface area (Å²) < 4.78 is 27.6. The van der Waals surface area contributed by atoms with Crippen molar-refractivity contribution in [3.05, 3.63) is 71.6 Å². The van der Waals surface area contributed by atoms with Crippen LogP contribution in [0, 0.1) is 0 Å². The molecule has 136 valence electrons. The molecular formula is C19H21N3O3S. The molecule has 1 aromatic heterocycles. The maximum atomic E-state index is 12.6. The first kappa shape index (κ1) is 18.3. The molecule has 1 aromatic carbocycles. The summed E-state index contributed by atoms with van der Waals surface area (Å²) in [5, 5.41) is 0. The van der Waals surface area contributed by atoms with E-state index in [1.54, 1.807) is 41.4 Å². The van der Waals surface area contributed by atoms with Crippen molar-refractivity contribution < 1.29 is 13.2 Å². The number of carbonyl (C=O) groups is 1. The third kappa shape index (κ3) is 4.36. The molecule has 0 unspecified atom stereocenters. The van der Waals surface area contributed by atoms with E-state index in [1.165, 1.54) is 17.7 Å². The molecule has 0 atom stereocenters. The van der Waals surface area contributed by atoms with E-state index in [-0.39, 0.29) is 17.3 Å². The number of benzene rings is 1. The van der Waals surface area contributed by atoms with Crippen LogP contribution in [-0.4, -0.2) is 37.3 Å². The smallest absolute Gasteiger partial charge is 0.254 e. The minimum Gasteiger partial charge on any atom is -0.335 e. The summed E-state index contributed by atoms with van der Waals surface area (Å²) in [4.78, 5) is 18.5. The fraction of sp³-hybridized carbons (Fsp3) is 0.263. The monoisotopic (exact) mass is 371 g/mol. The van der Waals surface area contributed by atoms with E-state index in [0.717, 1.165) is 6.42 Å². The molecular weight excluding hydrogens is 350 g/mol. The molecule has 26 heavy (non-hydrogen) atoms. The van der Waals surface area contributed by atoms with Crippen molar-refractivity contribution >= 4 is 15.9 Å². The summed E-state index contributed by atoms with van der Waals surface area (Å²) >= 11 is 0. The van der Waals surface area contributed by atoms with E-state index < -0.39 is 10.0 Å². The molecule has 1 N–H and O–H groups in total. The van der Waals surface area contributed by atoms with E-state index in [4.69, 9.17) is 0 Å². The first-order valence-electron chi connectivity index (χ1n) is 8.40. The van der Waals surface area contributed by atoms with Gasteiger partial charge in [-0.2, -0.15) is 0 Å². The standard InChI is InChI=1S/C19H21N3O3S/c1-15-8-11-22(12-9-15)19(23)16-5-4-7-18(13-16)26(24,25)21-14-17-6-2-3-10-20-17/h2-8,10,13,21H,9,11-12,14H2,1H3. The van der Waals surface area contributed by atoms with Gasteiger partial charge in [-0.25, -0.2) is 13.1 Å². The predicted molar refractivity (Wildman–Crippen MR) is 99.0 cm³/mol. The second-order valence-electron chi connectivity index (χ2n) is 6.23. The highest BCUT2D eigenvalue weighted by Gasteiger charge is 2.20. The number of aromatic nitrogens is 1. The summed E-state index contributed by atoms with van der Waals surface area (Å²) in [6.07, 6.45) is 4.48. The largest absolute Gasteiger partial charge is 0.335 e. The second-order valence-corrected chi connectivity index (χ2v) is 7.99. The Bertz CT molecular complexity index is 924. The van der Waals surface area contributed by atoms with Crippen LogP contribution in [0.15, 0.2) is 65.2 Å². The molecule has 7 heteroatoms. The number of sulfonamides is 1. The fourth-order valence-corrected chi connectivity index (χ4v) is 3.73. The highest BCUT2D eigenvalue weighted by molar-refractivity contribution is 7.89. The Morgan fingerprint density at radius 3 is 2.77 bits per heavy atom. The molecule has 0 saturated carbocycles. The summed E-state index contributed by atoms with van der Waals surface area (Å²) in [6.45, 7) is 3.34. The van der Waals surface area contributed by atoms with Gasteiger partial charge in [0.1, 0.15) is 0 Å². The number of nitrogens with one attached hydrogen (secondary N) is 1. The first-order chi connectivity index (χ1) is 12.5. The van der Waals surface area contributed by atoms with E-state index >= 15 is 0 Å². The summed E-state index contributed by atoms with van der Waals surface area (Å²) in [5.74, 6) is -0.157. The van der Waals surface area contributed by atoms with Crippen molar-refractivity contribution in [2.45, 2.75) is 24.8 Å². The van der Waals surface area contributed by atoms with Gasteiger partial charge in [0.15, 0.2) is 0 Å². The van der Waals surface area contributed by atoms with Gasteiger partial charge >= 0.3 is 0 Å². The van der Waals surface area contributed by atoms with Gasteiger partial charge in [0.05, 0.1) is 17.1 Å². The summed E-state index contributed by atoms with van der Waals surface area (Å²) in [7, 11) is -3.73. The summed E-state index contributed by atoms with van der Waals surface area (Å²) in [5.41, 5.74) is 2.27. The second kappa shape index (κ2) is 7.80. The van der Waals surface area contributed by atoms with Crippen LogP contribution in [0.4, 0.5) is 0 Å². The number of carbonyl (C=O) groups excluding carboxylic acids is 1. The normalized spacial score (nSPS) is 14.8. The van der Waals surface area contributed by atoms with Gasteiger partial charge in [-0.15, -0.1) is 0 Å². The Kier molecular flexibility index (Phi) is 5.49. The van der Waals surface area contributed by atoms with Crippen molar-refractivity contribution in [3.8, 4) is 0 Å². The molecule has 1 amide bonds. The first-order valence-corrected chi connectivity index (χ1v) is 9.88. The number of hydrogen-bond donors (Lipinski definition) is 1. The predicted octanol–water partition coefficient (Wildman–Crippen LogP) is 2.35. The Hall–Kier alpha value is -2.51. The van der Waals surface area contributed by atoms with Gasteiger partial charge in [-0.05, 0) is 43.7 Å². The third-order valence-corrected chi connectivity index (χ3v) is 5.68. The summed E-state index contributed by atoms with van der Waals surface area (Å²) in [6, 6.07) is 11.5. The van der Waals surface area contributed by atoms with Crippen LogP contribution in [0.3, 0.4) is 0 Å². The molecule has 0 spiro atoms. The van der Waals surface area contributed by atoms with Crippen LogP contribution in [0.25, 0.3) is 0 Å². The van der Waals surface area contributed by atoms with E-state index in [9.17, 15) is 13.2 Å². The quantitative estimate of drug-likeness (QED) is 0.819. The Labute approximate surface area is 153 Å². The van der Waals surface area contributed by atoms with Crippen molar-refractivity contribution in [2.24, 2.45) is 0 Å². The molecule has 0 fully saturated rings. The van der Waals surface area contributed by atoms with E-state index in [1.807, 2.05) is 13.0 Å². The molecule has 0 aliphatic carbocycles. The molecule has 3 rings (SSSR count). The average molecular weight is 371 g/mol. The Morgan fingerprint density at radius 1 is 1.23 bits per heavy atom. The lowest BCUT2D eigenvalue weighted by Gasteiger charge is -2.25. The lowest BCUT2D eigenvalue weighted by molar-refractivity contribution is 0.0769. The van der Waals surface area contributed by atoms with Crippen LogP contribution in [0.2, 0.25) is 0 Å². The van der Waals surface area contributed by atoms with E-state index in [2.05, 4.69) is 9.71 Å². The minimum absolute atomic E-state index is 0.0722. The number of nitrogens with zero attached hydrogens (tertiary/aromatic N) is 2. The zero-order valence-corrected chi connectivity index (χ0v) is 15.4. The molecule has 0 saturated heterocycles. The van der Waals surface area contributed by atoms with Crippen LogP contribution >= 0.6 is 0 Å². The molecule has 1 aliphatic rings. The van der Waals surface area contributed by atoms with Gasteiger partial charge in [0.25, 0.3) is 5.91 Å². The SMILES string of the molecule is CC1=CCN(C(=O)c2cccc(S(=O)(=O)NCc3ccccn3)c2)CC1. The topological polar surface area (TPSA) is 79.4 Å². The van der Waals surface area contributed by atoms with Gasteiger partial charge < -0.3 is 4.90 Å². The fourth-order valence-electron chi connectivity index (χ4n) is 2.69. The molecule has 0 radical (unpaired) electrons. The van der Waals surface area contributed by atoms with Crippen LogP contribution in [0.5, 0.6) is 0 Å². The number of hydrogen-bond acceptors (Lipinski definition) is 4. The lowest BCUT2D eigenvalue weighted by Crippen LogP contribution is -2.34.